The summed E-state index contributed by atoms with van der Waals surface area (Å²) in [6.45, 7) is 0. The number of methoxy groups -OCH3 is 1. The van der Waals surface area contributed by atoms with Crippen LogP contribution in [0.5, 0.6) is 5.75 Å². The first-order chi connectivity index (χ1) is 10.8. The van der Waals surface area contributed by atoms with Crippen LogP contribution < -0.4 is 4.74 Å². The van der Waals surface area contributed by atoms with E-state index in [4.69, 9.17) is 13.6 Å². The summed E-state index contributed by atoms with van der Waals surface area (Å²) in [4.78, 5) is 11.8. The molecule has 0 N–H and O–H groups in total. The molecule has 3 rings (SSSR count). The molecule has 0 amide bonds. The Balaban J connectivity index is 1.74. The van der Waals surface area contributed by atoms with Crippen LogP contribution >= 0.6 is 0 Å². The molecule has 4 nitrogen and oxygen atoms in total. The van der Waals surface area contributed by atoms with E-state index >= 15 is 0 Å². The number of rotatable bonds is 5. The maximum atomic E-state index is 11.8. The number of ether oxygens (including phenoxy) is 1. The summed E-state index contributed by atoms with van der Waals surface area (Å²) in [6.07, 6.45) is 4.52. The second kappa shape index (κ2) is 6.18. The third kappa shape index (κ3) is 3.01. The monoisotopic (exact) mass is 294 g/mol. The summed E-state index contributed by atoms with van der Waals surface area (Å²) >= 11 is 0. The molecule has 1 aromatic carbocycles. The Labute approximate surface area is 127 Å². The zero-order valence-corrected chi connectivity index (χ0v) is 12.0. The van der Waals surface area contributed by atoms with Crippen molar-refractivity contribution >= 4 is 11.9 Å². The molecule has 0 fully saturated rings. The van der Waals surface area contributed by atoms with Crippen LogP contribution in [0.3, 0.4) is 0 Å². The fourth-order valence-corrected chi connectivity index (χ4v) is 2.01. The number of carbonyl (C=O) groups excluding carboxylic acids is 1. The van der Waals surface area contributed by atoms with Gasteiger partial charge in [0.15, 0.2) is 5.76 Å². The quantitative estimate of drug-likeness (QED) is 0.515. The van der Waals surface area contributed by atoms with Crippen LogP contribution in [0.1, 0.15) is 16.3 Å². The molecule has 4 heteroatoms. The first-order valence-electron chi connectivity index (χ1n) is 6.76. The fraction of sp³-hybridized carbons (Fsp3) is 0.0556. The van der Waals surface area contributed by atoms with E-state index in [-0.39, 0.29) is 5.78 Å². The van der Waals surface area contributed by atoms with E-state index in [0.29, 0.717) is 11.5 Å². The molecular weight excluding hydrogens is 280 g/mol. The summed E-state index contributed by atoms with van der Waals surface area (Å²) in [6, 6.07) is 14.5. The SMILES string of the molecule is COc1ccc(-c2ccc(C=CC(=O)c3ccco3)o2)cc1. The third-order valence-electron chi connectivity index (χ3n) is 3.16. The predicted octanol–water partition coefficient (Wildman–Crippen LogP) is 4.44. The third-order valence-corrected chi connectivity index (χ3v) is 3.16. The summed E-state index contributed by atoms with van der Waals surface area (Å²) in [5.41, 5.74) is 0.942. The molecular formula is C18H14O4. The van der Waals surface area contributed by atoms with Gasteiger partial charge in [-0.2, -0.15) is 0 Å². The standard InChI is InChI=1S/C18H14O4/c1-20-14-6-4-13(5-7-14)17-11-9-15(22-17)8-10-16(19)18-3-2-12-21-18/h2-12H,1H3. The van der Waals surface area contributed by atoms with Crippen molar-refractivity contribution in [2.75, 3.05) is 7.11 Å². The van der Waals surface area contributed by atoms with Crippen molar-refractivity contribution in [1.29, 1.82) is 0 Å². The van der Waals surface area contributed by atoms with E-state index in [0.717, 1.165) is 17.1 Å². The van der Waals surface area contributed by atoms with E-state index in [9.17, 15) is 4.79 Å². The minimum absolute atomic E-state index is 0.201. The zero-order valence-electron chi connectivity index (χ0n) is 12.0. The Morgan fingerprint density at radius 1 is 1.09 bits per heavy atom. The van der Waals surface area contributed by atoms with Gasteiger partial charge in [0.05, 0.1) is 13.4 Å². The maximum absolute atomic E-state index is 11.8. The molecule has 3 aromatic rings. The Bertz CT molecular complexity index is 777. The molecule has 110 valence electrons. The van der Waals surface area contributed by atoms with E-state index in [2.05, 4.69) is 0 Å². The van der Waals surface area contributed by atoms with Crippen molar-refractivity contribution < 1.29 is 18.4 Å². The van der Waals surface area contributed by atoms with Crippen molar-refractivity contribution in [1.82, 2.24) is 0 Å². The number of carbonyl (C=O) groups is 1. The van der Waals surface area contributed by atoms with E-state index < -0.39 is 0 Å². The Morgan fingerprint density at radius 2 is 1.91 bits per heavy atom. The second-order valence-corrected chi connectivity index (χ2v) is 4.61. The fourth-order valence-electron chi connectivity index (χ4n) is 2.01. The molecule has 0 aliphatic heterocycles. The van der Waals surface area contributed by atoms with Crippen molar-refractivity contribution in [3.05, 3.63) is 72.4 Å². The highest BCUT2D eigenvalue weighted by Crippen LogP contribution is 2.25. The summed E-state index contributed by atoms with van der Waals surface area (Å²) < 4.78 is 15.9. The van der Waals surface area contributed by atoms with Crippen LogP contribution in [0.2, 0.25) is 0 Å². The molecule has 2 aromatic heterocycles. The Morgan fingerprint density at radius 3 is 2.59 bits per heavy atom. The van der Waals surface area contributed by atoms with Crippen LogP contribution in [-0.2, 0) is 0 Å². The average molecular weight is 294 g/mol. The molecule has 0 atom stereocenters. The van der Waals surface area contributed by atoms with Gasteiger partial charge in [0.1, 0.15) is 17.3 Å². The van der Waals surface area contributed by atoms with Crippen molar-refractivity contribution in [3.63, 3.8) is 0 Å². The van der Waals surface area contributed by atoms with E-state index in [1.807, 2.05) is 36.4 Å². The van der Waals surface area contributed by atoms with Crippen LogP contribution in [0.4, 0.5) is 0 Å². The number of benzene rings is 1. The van der Waals surface area contributed by atoms with Crippen molar-refractivity contribution in [2.45, 2.75) is 0 Å². The molecule has 22 heavy (non-hydrogen) atoms. The molecule has 0 aliphatic carbocycles. The van der Waals surface area contributed by atoms with Crippen LogP contribution in [0.15, 0.2) is 69.7 Å². The van der Waals surface area contributed by atoms with Gasteiger partial charge in [0.2, 0.25) is 5.78 Å². The van der Waals surface area contributed by atoms with Gasteiger partial charge in [-0.15, -0.1) is 0 Å². The highest BCUT2D eigenvalue weighted by Gasteiger charge is 2.06. The van der Waals surface area contributed by atoms with Gasteiger partial charge in [-0.3, -0.25) is 4.79 Å². The Hall–Kier alpha value is -3.01. The lowest BCUT2D eigenvalue weighted by atomic mass is 10.2. The predicted molar refractivity (Wildman–Crippen MR) is 82.8 cm³/mol. The molecule has 0 spiro atoms. The molecule has 0 bridgehead atoms. The minimum atomic E-state index is -0.201. The highest BCUT2D eigenvalue weighted by atomic mass is 16.5. The average Bonchev–Trinajstić information content (AvgIpc) is 3.24. The Kier molecular flexibility index (Phi) is 3.92. The van der Waals surface area contributed by atoms with Crippen molar-refractivity contribution in [3.8, 4) is 17.1 Å². The van der Waals surface area contributed by atoms with E-state index in [1.54, 1.807) is 25.3 Å². The topological polar surface area (TPSA) is 52.6 Å². The van der Waals surface area contributed by atoms with Crippen LogP contribution in [0.25, 0.3) is 17.4 Å². The van der Waals surface area contributed by atoms with Crippen LogP contribution in [0, 0.1) is 0 Å². The van der Waals surface area contributed by atoms with Gasteiger partial charge in [-0.1, -0.05) is 0 Å². The largest absolute Gasteiger partial charge is 0.497 e. The zero-order chi connectivity index (χ0) is 15.4. The van der Waals surface area contributed by atoms with Gasteiger partial charge in [0.25, 0.3) is 0 Å². The minimum Gasteiger partial charge on any atom is -0.497 e. The van der Waals surface area contributed by atoms with Gasteiger partial charge >= 0.3 is 0 Å². The van der Waals surface area contributed by atoms with Crippen LogP contribution in [-0.4, -0.2) is 12.9 Å². The lowest BCUT2D eigenvalue weighted by Gasteiger charge is -2.00. The maximum Gasteiger partial charge on any atom is 0.221 e. The number of hydrogen-bond donors (Lipinski definition) is 0. The summed E-state index contributed by atoms with van der Waals surface area (Å²) in [5, 5.41) is 0. The van der Waals surface area contributed by atoms with Gasteiger partial charge < -0.3 is 13.6 Å². The van der Waals surface area contributed by atoms with Gasteiger partial charge in [-0.25, -0.2) is 0 Å². The van der Waals surface area contributed by atoms with Gasteiger partial charge in [-0.05, 0) is 60.7 Å². The molecule has 0 radical (unpaired) electrons. The molecule has 0 aliphatic rings. The lowest BCUT2D eigenvalue weighted by Crippen LogP contribution is -1.89. The summed E-state index contributed by atoms with van der Waals surface area (Å²) in [5.74, 6) is 2.23. The van der Waals surface area contributed by atoms with Crippen molar-refractivity contribution in [2.24, 2.45) is 0 Å². The molecule has 0 saturated heterocycles. The smallest absolute Gasteiger partial charge is 0.221 e. The highest BCUT2D eigenvalue weighted by molar-refractivity contribution is 6.04. The lowest BCUT2D eigenvalue weighted by molar-refractivity contribution is 0.102. The first kappa shape index (κ1) is 13.9. The normalized spacial score (nSPS) is 11.0. The second-order valence-electron chi connectivity index (χ2n) is 4.61. The molecule has 0 unspecified atom stereocenters. The number of ketones is 1. The van der Waals surface area contributed by atoms with E-state index in [1.165, 1.54) is 12.3 Å². The van der Waals surface area contributed by atoms with Gasteiger partial charge in [0, 0.05) is 5.56 Å². The number of hydrogen-bond acceptors (Lipinski definition) is 4. The molecule has 2 heterocycles. The first-order valence-corrected chi connectivity index (χ1v) is 6.76. The number of furan rings is 2. The summed E-state index contributed by atoms with van der Waals surface area (Å²) in [7, 11) is 1.63. The number of allylic oxidation sites excluding steroid dienone is 1. The molecule has 0 saturated carbocycles.